The Morgan fingerprint density at radius 2 is 2.07 bits per heavy atom. The molecule has 4 rings (SSSR count). The number of aldehydes is 1. The van der Waals surface area contributed by atoms with E-state index in [0.717, 1.165) is 23.2 Å². The minimum Gasteiger partial charge on any atom is -0.497 e. The van der Waals surface area contributed by atoms with Crippen LogP contribution < -0.4 is 15.2 Å². The van der Waals surface area contributed by atoms with Crippen molar-refractivity contribution in [1.82, 2.24) is 4.90 Å². The van der Waals surface area contributed by atoms with Gasteiger partial charge in [-0.3, -0.25) is 0 Å². The zero-order valence-electron chi connectivity index (χ0n) is 17.5. The third kappa shape index (κ3) is 3.39. The maximum Gasteiger partial charge on any atom is 0.192 e. The van der Waals surface area contributed by atoms with Crippen LogP contribution in [-0.4, -0.2) is 57.7 Å². The van der Waals surface area contributed by atoms with Gasteiger partial charge in [-0.25, -0.2) is 4.99 Å². The van der Waals surface area contributed by atoms with Crippen molar-refractivity contribution in [2.24, 2.45) is 16.6 Å². The molecule has 0 amide bonds. The molecule has 7 heteroatoms. The van der Waals surface area contributed by atoms with Gasteiger partial charge in [0.1, 0.15) is 17.6 Å². The van der Waals surface area contributed by atoms with E-state index in [1.54, 1.807) is 26.1 Å². The van der Waals surface area contributed by atoms with Crippen LogP contribution in [0.5, 0.6) is 11.5 Å². The van der Waals surface area contributed by atoms with Crippen molar-refractivity contribution in [2.45, 2.75) is 18.1 Å². The molecule has 0 aliphatic carbocycles. The summed E-state index contributed by atoms with van der Waals surface area (Å²) in [5.74, 6) is 1.45. The lowest BCUT2D eigenvalue weighted by Gasteiger charge is -2.45. The van der Waals surface area contributed by atoms with Gasteiger partial charge in [0.05, 0.1) is 26.2 Å². The fraction of sp³-hybridized carbons (Fsp3) is 0.391. The number of benzene rings is 2. The zero-order chi connectivity index (χ0) is 21.3. The second-order valence-electron chi connectivity index (χ2n) is 7.88. The first-order valence-corrected chi connectivity index (χ1v) is 10.0. The number of methoxy groups -OCH3 is 1. The number of hydrogen-bond acceptors (Lipinski definition) is 5. The molecule has 2 aromatic carbocycles. The summed E-state index contributed by atoms with van der Waals surface area (Å²) in [7, 11) is 5.25. The summed E-state index contributed by atoms with van der Waals surface area (Å²) < 4.78 is 17.4. The highest BCUT2D eigenvalue weighted by molar-refractivity contribution is 5.84. The van der Waals surface area contributed by atoms with E-state index in [9.17, 15) is 4.79 Å². The van der Waals surface area contributed by atoms with Gasteiger partial charge in [-0.15, -0.1) is 0 Å². The SMILES string of the molecule is COc1cccc(-c2ccc3c(c2)C(C=O)(N=C(N)N(C)C)C2COCCC2O3)c1. The summed E-state index contributed by atoms with van der Waals surface area (Å²) in [5.41, 5.74) is 7.63. The summed E-state index contributed by atoms with van der Waals surface area (Å²) in [5, 5.41) is 0. The van der Waals surface area contributed by atoms with Gasteiger partial charge >= 0.3 is 0 Å². The molecule has 1 fully saturated rings. The largest absolute Gasteiger partial charge is 0.497 e. The van der Waals surface area contributed by atoms with Crippen molar-refractivity contribution < 1.29 is 19.0 Å². The number of nitrogens with zero attached hydrogens (tertiary/aromatic N) is 2. The first-order valence-electron chi connectivity index (χ1n) is 10.0. The molecule has 0 spiro atoms. The summed E-state index contributed by atoms with van der Waals surface area (Å²) in [4.78, 5) is 19.1. The Kier molecular flexibility index (Phi) is 5.39. The topological polar surface area (TPSA) is 86.4 Å². The lowest BCUT2D eigenvalue weighted by Crippen LogP contribution is -2.54. The molecule has 0 saturated carbocycles. The van der Waals surface area contributed by atoms with Gasteiger partial charge in [-0.1, -0.05) is 18.2 Å². The van der Waals surface area contributed by atoms with Crippen LogP contribution in [0.15, 0.2) is 47.5 Å². The Labute approximate surface area is 176 Å². The maximum absolute atomic E-state index is 12.7. The summed E-state index contributed by atoms with van der Waals surface area (Å²) in [6, 6.07) is 13.7. The van der Waals surface area contributed by atoms with Gasteiger partial charge in [-0.05, 0) is 35.4 Å². The fourth-order valence-corrected chi connectivity index (χ4v) is 4.17. The van der Waals surface area contributed by atoms with E-state index in [1.807, 2.05) is 42.5 Å². The van der Waals surface area contributed by atoms with Crippen molar-refractivity contribution in [3.63, 3.8) is 0 Å². The lowest BCUT2D eigenvalue weighted by molar-refractivity contribution is -0.124. The molecule has 30 heavy (non-hydrogen) atoms. The van der Waals surface area contributed by atoms with Gasteiger partial charge in [0.25, 0.3) is 0 Å². The van der Waals surface area contributed by atoms with E-state index in [2.05, 4.69) is 0 Å². The second kappa shape index (κ2) is 7.99. The number of carbonyl (C=O) groups excluding carboxylic acids is 1. The molecule has 7 nitrogen and oxygen atoms in total. The van der Waals surface area contributed by atoms with Crippen LogP contribution in [0.2, 0.25) is 0 Å². The smallest absolute Gasteiger partial charge is 0.192 e. The van der Waals surface area contributed by atoms with Gasteiger partial charge in [0.2, 0.25) is 0 Å². The molecule has 3 unspecified atom stereocenters. The van der Waals surface area contributed by atoms with Gasteiger partial charge in [0, 0.05) is 26.1 Å². The molecule has 0 bridgehead atoms. The third-order valence-corrected chi connectivity index (χ3v) is 5.89. The number of fused-ring (bicyclic) bond motifs is 2. The van der Waals surface area contributed by atoms with Crippen LogP contribution >= 0.6 is 0 Å². The molecular formula is C23H27N3O4. The molecule has 2 N–H and O–H groups in total. The number of guanidine groups is 1. The van der Waals surface area contributed by atoms with Crippen LogP contribution in [0.1, 0.15) is 12.0 Å². The van der Waals surface area contributed by atoms with E-state index in [1.165, 1.54) is 0 Å². The third-order valence-electron chi connectivity index (χ3n) is 5.89. The van der Waals surface area contributed by atoms with E-state index in [4.69, 9.17) is 24.9 Å². The number of nitrogens with two attached hydrogens (primary N) is 1. The molecule has 0 radical (unpaired) electrons. The van der Waals surface area contributed by atoms with Gasteiger partial charge in [-0.2, -0.15) is 0 Å². The number of rotatable bonds is 4. The molecule has 0 aromatic heterocycles. The molecule has 2 aliphatic heterocycles. The van der Waals surface area contributed by atoms with E-state index in [-0.39, 0.29) is 18.0 Å². The summed E-state index contributed by atoms with van der Waals surface area (Å²) >= 11 is 0. The molecular weight excluding hydrogens is 382 g/mol. The van der Waals surface area contributed by atoms with Crippen molar-refractivity contribution >= 4 is 12.2 Å². The molecule has 1 saturated heterocycles. The van der Waals surface area contributed by atoms with Crippen molar-refractivity contribution in [1.29, 1.82) is 0 Å². The highest BCUT2D eigenvalue weighted by Crippen LogP contribution is 2.48. The highest BCUT2D eigenvalue weighted by Gasteiger charge is 2.52. The average Bonchev–Trinajstić information content (AvgIpc) is 2.78. The number of ether oxygens (including phenoxy) is 3. The molecule has 2 heterocycles. The Morgan fingerprint density at radius 3 is 2.80 bits per heavy atom. The van der Waals surface area contributed by atoms with E-state index in [0.29, 0.717) is 30.9 Å². The minimum atomic E-state index is -1.18. The quantitative estimate of drug-likeness (QED) is 0.474. The van der Waals surface area contributed by atoms with Crippen LogP contribution in [0.4, 0.5) is 0 Å². The molecule has 158 valence electrons. The van der Waals surface area contributed by atoms with Gasteiger partial charge < -0.3 is 29.6 Å². The van der Waals surface area contributed by atoms with Gasteiger partial charge in [0.15, 0.2) is 17.8 Å². The standard InChI is InChI=1S/C23H27N3O4/c1-26(2)22(24)25-23(14-27)18-12-16(15-5-4-6-17(11-15)28-3)7-8-20(18)30-21-9-10-29-13-19(21)23/h4-8,11-12,14,19,21H,9-10,13H2,1-3H3,(H2,24,25). The van der Waals surface area contributed by atoms with Crippen molar-refractivity contribution in [3.05, 3.63) is 48.0 Å². The highest BCUT2D eigenvalue weighted by atomic mass is 16.5. The summed E-state index contributed by atoms with van der Waals surface area (Å²) in [6.45, 7) is 0.983. The normalized spacial score (nSPS) is 25.5. The Hall–Kier alpha value is -3.06. The minimum absolute atomic E-state index is 0.155. The van der Waals surface area contributed by atoms with Crippen molar-refractivity contribution in [3.8, 4) is 22.6 Å². The number of aliphatic imine (C=N–C) groups is 1. The molecule has 2 aliphatic rings. The Bertz CT molecular complexity index is 975. The number of hydrogen-bond donors (Lipinski definition) is 1. The monoisotopic (exact) mass is 409 g/mol. The molecule has 2 aromatic rings. The van der Waals surface area contributed by atoms with Crippen LogP contribution in [0, 0.1) is 5.92 Å². The average molecular weight is 409 g/mol. The Morgan fingerprint density at radius 1 is 1.27 bits per heavy atom. The Balaban J connectivity index is 1.90. The van der Waals surface area contributed by atoms with Crippen LogP contribution in [0.3, 0.4) is 0 Å². The number of carbonyl (C=O) groups is 1. The summed E-state index contributed by atoms with van der Waals surface area (Å²) in [6.07, 6.45) is 1.44. The molecule has 3 atom stereocenters. The van der Waals surface area contributed by atoms with Crippen LogP contribution in [0.25, 0.3) is 11.1 Å². The fourth-order valence-electron chi connectivity index (χ4n) is 4.17. The predicted octanol–water partition coefficient (Wildman–Crippen LogP) is 2.43. The van der Waals surface area contributed by atoms with Crippen LogP contribution in [-0.2, 0) is 15.1 Å². The van der Waals surface area contributed by atoms with E-state index < -0.39 is 5.54 Å². The first kappa shape index (κ1) is 20.2. The predicted molar refractivity (Wildman–Crippen MR) is 115 cm³/mol. The van der Waals surface area contributed by atoms with E-state index >= 15 is 0 Å². The lowest BCUT2D eigenvalue weighted by atomic mass is 9.72. The zero-order valence-corrected chi connectivity index (χ0v) is 17.5. The van der Waals surface area contributed by atoms with Crippen molar-refractivity contribution in [2.75, 3.05) is 34.4 Å². The first-order chi connectivity index (χ1) is 14.5. The second-order valence-corrected chi connectivity index (χ2v) is 7.88. The maximum atomic E-state index is 12.7.